The Hall–Kier alpha value is -5.70. The molecule has 0 amide bonds. The Morgan fingerprint density at radius 1 is 0.320 bits per heavy atom. The Balaban J connectivity index is 0.00000177. The topological polar surface area (TPSA) is 54.0 Å². The van der Waals surface area contributed by atoms with Crippen LogP contribution in [0.1, 0.15) is 22.8 Å². The van der Waals surface area contributed by atoms with Crippen LogP contribution in [0.25, 0.3) is 90.9 Å². The van der Waals surface area contributed by atoms with E-state index in [1.54, 1.807) is 0 Å². The van der Waals surface area contributed by atoms with Gasteiger partial charge in [0.25, 0.3) is 0 Å². The summed E-state index contributed by atoms with van der Waals surface area (Å²) in [4.78, 5) is 21.2. The van der Waals surface area contributed by atoms with Gasteiger partial charge in [-0.05, 0) is 68.8 Å². The molecule has 6 heteroatoms. The minimum absolute atomic E-state index is 0.861. The first-order valence-electron chi connectivity index (χ1n) is 16.2. The van der Waals surface area contributed by atoms with Crippen LogP contribution in [-0.2, 0) is 15.4 Å². The fourth-order valence-corrected chi connectivity index (χ4v) is 6.69. The van der Waals surface area contributed by atoms with Gasteiger partial charge in [0.1, 0.15) is 0 Å². The third-order valence-corrected chi connectivity index (χ3v) is 8.86. The van der Waals surface area contributed by atoms with Gasteiger partial charge in [0, 0.05) is 0 Å². The summed E-state index contributed by atoms with van der Waals surface area (Å²) in [6, 6.07) is 50.0. The van der Waals surface area contributed by atoms with Gasteiger partial charge in [-0.15, -0.1) is 22.1 Å². The van der Waals surface area contributed by atoms with E-state index in [-0.39, 0.29) is 0 Å². The predicted octanol–water partition coefficient (Wildman–Crippen LogP) is 11.3. The van der Waals surface area contributed by atoms with E-state index in [1.165, 1.54) is 0 Å². The van der Waals surface area contributed by atoms with Gasteiger partial charge in [-0.3, -0.25) is 0 Å². The van der Waals surface area contributed by atoms with Crippen molar-refractivity contribution in [3.05, 3.63) is 168 Å². The Labute approximate surface area is 303 Å². The number of hydrogen-bond acceptors (Lipinski definition) is 2. The van der Waals surface area contributed by atoms with E-state index in [0.29, 0.717) is 0 Å². The first kappa shape index (κ1) is 31.6. The van der Waals surface area contributed by atoms with E-state index in [0.717, 1.165) is 89.4 Å². The van der Waals surface area contributed by atoms with Crippen LogP contribution in [0.5, 0.6) is 0 Å². The van der Waals surface area contributed by atoms with E-state index in [1.807, 2.05) is 24.3 Å². The molecule has 2 aliphatic rings. The van der Waals surface area contributed by atoms with Gasteiger partial charge >= 0.3 is 25.4 Å². The number of fused-ring (bicyclic) bond motifs is 8. The SMILES string of the molecule is C1=Cc2nc1c(-c1ccccc1)c1ccc([n-]1)c(-c1ccccc1)c1nc(c(-c3ccccc3)c3ccc([n-]3)c2-c2ccccc2)C=C1.[Cl][Cr+2]. The van der Waals surface area contributed by atoms with E-state index < -0.39 is 0 Å². The van der Waals surface area contributed by atoms with Gasteiger partial charge in [-0.25, -0.2) is 9.97 Å². The molecule has 0 unspecified atom stereocenters. The molecule has 2 aliphatic heterocycles. The monoisotopic (exact) mass is 699 g/mol. The minimum atomic E-state index is 0.861. The Morgan fingerprint density at radius 3 is 0.760 bits per heavy atom. The number of hydrogen-bond donors (Lipinski definition) is 0. The fraction of sp³-hybridized carbons (Fsp3) is 0. The molecule has 5 heterocycles. The molecular weight excluding hydrogens is 672 g/mol. The molecule has 3 aromatic heterocycles. The molecule has 4 nitrogen and oxygen atoms in total. The Bertz CT molecular complexity index is 2190. The second-order valence-electron chi connectivity index (χ2n) is 11.8. The zero-order chi connectivity index (χ0) is 33.9. The molecular formula is C44H28ClCrN4. The normalized spacial score (nSPS) is 11.6. The zero-order valence-corrected chi connectivity index (χ0v) is 28.8. The third-order valence-electron chi connectivity index (χ3n) is 8.86. The summed E-state index contributed by atoms with van der Waals surface area (Å²) < 4.78 is 0. The zero-order valence-electron chi connectivity index (χ0n) is 26.7. The second-order valence-corrected chi connectivity index (χ2v) is 11.8. The summed E-state index contributed by atoms with van der Waals surface area (Å²) >= 11 is 2.10. The predicted molar refractivity (Wildman–Crippen MR) is 204 cm³/mol. The molecule has 0 atom stereocenters. The maximum absolute atomic E-state index is 5.31. The van der Waals surface area contributed by atoms with Crippen molar-refractivity contribution in [2.75, 3.05) is 0 Å². The van der Waals surface area contributed by atoms with Crippen molar-refractivity contribution in [1.82, 2.24) is 19.9 Å². The van der Waals surface area contributed by atoms with Gasteiger partial charge in [-0.2, -0.15) is 0 Å². The van der Waals surface area contributed by atoms with Crippen molar-refractivity contribution in [2.45, 2.75) is 0 Å². The molecule has 0 saturated carbocycles. The molecule has 237 valence electrons. The average molecular weight is 700 g/mol. The number of rotatable bonds is 4. The third kappa shape index (κ3) is 5.93. The number of halogens is 1. The molecule has 0 fully saturated rings. The standard InChI is InChI=1S/C44H28N4.ClH.Cr/c1-5-13-29(14-6-1)41-33-21-23-35(45-33)42(30-15-7-2-8-16-30)37-25-27-39(47-37)44(32-19-11-4-12-20-32)40-28-26-38(48-40)43(31-17-9-3-10-18-31)36-24-22-34(41)46-36;;/h1-28H;1H;/q-2;;+3/p-1. The molecule has 0 N–H and O–H groups in total. The van der Waals surface area contributed by atoms with Crippen LogP contribution in [0, 0.1) is 0 Å². The van der Waals surface area contributed by atoms with Crippen molar-refractivity contribution in [3.63, 3.8) is 0 Å². The van der Waals surface area contributed by atoms with E-state index in [2.05, 4.69) is 171 Å². The van der Waals surface area contributed by atoms with Crippen LogP contribution in [0.2, 0.25) is 0 Å². The van der Waals surface area contributed by atoms with Gasteiger partial charge < -0.3 is 9.97 Å². The van der Waals surface area contributed by atoms with Gasteiger partial charge in [0.05, 0.1) is 22.8 Å². The molecule has 0 saturated heterocycles. The Morgan fingerprint density at radius 2 is 0.540 bits per heavy atom. The van der Waals surface area contributed by atoms with Crippen molar-refractivity contribution in [3.8, 4) is 44.5 Å². The van der Waals surface area contributed by atoms with Crippen molar-refractivity contribution in [2.24, 2.45) is 0 Å². The fourth-order valence-electron chi connectivity index (χ4n) is 6.69. The first-order valence-corrected chi connectivity index (χ1v) is 18.0. The molecule has 50 heavy (non-hydrogen) atoms. The van der Waals surface area contributed by atoms with Crippen LogP contribution in [0.15, 0.2) is 146 Å². The summed E-state index contributed by atoms with van der Waals surface area (Å²) in [5, 5.41) is 0. The summed E-state index contributed by atoms with van der Waals surface area (Å²) in [5.41, 5.74) is 15.0. The van der Waals surface area contributed by atoms with E-state index in [4.69, 9.17) is 19.9 Å². The van der Waals surface area contributed by atoms with Gasteiger partial charge in [-0.1, -0.05) is 146 Å². The second kappa shape index (κ2) is 14.0. The molecule has 9 rings (SSSR count). The van der Waals surface area contributed by atoms with Crippen LogP contribution in [0.3, 0.4) is 0 Å². The van der Waals surface area contributed by atoms with E-state index >= 15 is 0 Å². The molecule has 8 bridgehead atoms. The summed E-state index contributed by atoms with van der Waals surface area (Å²) in [6.07, 6.45) is 8.41. The van der Waals surface area contributed by atoms with Crippen LogP contribution < -0.4 is 9.97 Å². The van der Waals surface area contributed by atoms with Crippen molar-refractivity contribution >= 4 is 56.4 Å². The first-order chi connectivity index (χ1) is 24.8. The summed E-state index contributed by atoms with van der Waals surface area (Å²) in [5.74, 6) is 0. The van der Waals surface area contributed by atoms with Crippen LogP contribution in [-0.4, -0.2) is 9.97 Å². The van der Waals surface area contributed by atoms with Gasteiger partial charge in [0.2, 0.25) is 0 Å². The van der Waals surface area contributed by atoms with Crippen molar-refractivity contribution < 1.29 is 15.4 Å². The number of aromatic nitrogens is 4. The molecule has 7 aromatic rings. The van der Waals surface area contributed by atoms with Crippen molar-refractivity contribution in [1.29, 1.82) is 0 Å². The molecule has 0 aliphatic carbocycles. The molecule has 4 aromatic carbocycles. The summed E-state index contributed by atoms with van der Waals surface area (Å²) in [7, 11) is 4.51. The molecule has 0 spiro atoms. The maximum atomic E-state index is 5.31. The van der Waals surface area contributed by atoms with Crippen LogP contribution in [0.4, 0.5) is 0 Å². The quantitative estimate of drug-likeness (QED) is 0.183. The van der Waals surface area contributed by atoms with Gasteiger partial charge in [0.15, 0.2) is 0 Å². The van der Waals surface area contributed by atoms with E-state index in [9.17, 15) is 0 Å². The summed E-state index contributed by atoms with van der Waals surface area (Å²) in [6.45, 7) is 0. The number of nitrogens with zero attached hydrogens (tertiary/aromatic N) is 4. The van der Waals surface area contributed by atoms with Crippen LogP contribution >= 0.6 is 10.0 Å². The number of benzene rings is 4. The molecule has 0 radical (unpaired) electrons. The average Bonchev–Trinajstić information content (AvgIpc) is 4.02. The Kier molecular flexibility index (Phi) is 8.86.